The Labute approximate surface area is 177 Å². The van der Waals surface area contributed by atoms with Crippen molar-refractivity contribution >= 4 is 12.1 Å². The molecule has 1 rings (SSSR count). The van der Waals surface area contributed by atoms with E-state index >= 15 is 0 Å². The van der Waals surface area contributed by atoms with Crippen LogP contribution in [-0.4, -0.2) is 17.2 Å². The zero-order valence-corrected chi connectivity index (χ0v) is 15.0. The molecule has 0 radical (unpaired) electrons. The van der Waals surface area contributed by atoms with Gasteiger partial charge in [-0.2, -0.15) is 0 Å². The standard InChI is InChI=1S/C7H6O3.CH2O3.2K/c8-6-3-1-5(2-4-6)7(9)10;2-1(3)4;;/h1-4,8H,(H,9,10);(H2,2,3,4);;/q;;2*+1/p-3. The summed E-state index contributed by atoms with van der Waals surface area (Å²) in [6, 6.07) is 5.02. The Morgan fingerprint density at radius 3 is 1.56 bits per heavy atom. The normalized spacial score (nSPS) is 7.25. The number of rotatable bonds is 1. The topological polar surface area (TPSA) is 124 Å². The Hall–Kier alpha value is 1.03. The quantitative estimate of drug-likeness (QED) is 0.508. The average Bonchev–Trinajstić information content (AvgIpc) is 2.03. The molecule has 6 nitrogen and oxygen atoms in total. The first-order chi connectivity index (χ1) is 6.43. The summed E-state index contributed by atoms with van der Waals surface area (Å²) in [6.45, 7) is 0. The van der Waals surface area contributed by atoms with E-state index in [1.54, 1.807) is 0 Å². The summed E-state index contributed by atoms with van der Waals surface area (Å²) >= 11 is 0. The Kier molecular flexibility index (Phi) is 17.4. The number of benzene rings is 1. The molecule has 1 aromatic rings. The van der Waals surface area contributed by atoms with Crippen molar-refractivity contribution in [3.8, 4) is 5.75 Å². The monoisotopic (exact) mass is 275 g/mol. The van der Waals surface area contributed by atoms with E-state index in [2.05, 4.69) is 0 Å². The molecule has 0 aliphatic carbocycles. The average molecular weight is 275 g/mol. The third kappa shape index (κ3) is 13.1. The van der Waals surface area contributed by atoms with Gasteiger partial charge in [-0.3, -0.25) is 0 Å². The van der Waals surface area contributed by atoms with Gasteiger partial charge in [-0.05, 0) is 18.3 Å². The van der Waals surface area contributed by atoms with Crippen molar-refractivity contribution in [1.82, 2.24) is 0 Å². The second-order valence-electron chi connectivity index (χ2n) is 2.08. The number of hydrogen-bond acceptors (Lipinski definition) is 5. The molecule has 1 N–H and O–H groups in total. The Morgan fingerprint density at radius 1 is 1.00 bits per heavy atom. The molecule has 0 aromatic heterocycles. The van der Waals surface area contributed by atoms with Crippen LogP contribution >= 0.6 is 0 Å². The maximum absolute atomic E-state index is 10.5. The van der Waals surface area contributed by atoms with Crippen molar-refractivity contribution in [3.63, 3.8) is 0 Å². The number of carbonyl (C=O) groups excluding carboxylic acids is 1. The molecule has 0 heterocycles. The number of carbonyl (C=O) groups is 2. The van der Waals surface area contributed by atoms with Gasteiger partial charge in [0.15, 0.2) is 0 Å². The van der Waals surface area contributed by atoms with Gasteiger partial charge in [0.2, 0.25) is 0 Å². The van der Waals surface area contributed by atoms with Gasteiger partial charge in [-0.25, -0.2) is 4.79 Å². The summed E-state index contributed by atoms with van der Waals surface area (Å²) in [4.78, 5) is 18.5. The summed E-state index contributed by atoms with van der Waals surface area (Å²) in [5, 5.41) is 35.5. The molecule has 0 unspecified atom stereocenters. The van der Waals surface area contributed by atoms with E-state index in [9.17, 15) is 9.90 Å². The second kappa shape index (κ2) is 12.5. The van der Waals surface area contributed by atoms with Crippen LogP contribution in [0.25, 0.3) is 0 Å². The van der Waals surface area contributed by atoms with Crippen molar-refractivity contribution in [1.29, 1.82) is 0 Å². The minimum atomic E-state index is -2.33. The first-order valence-electron chi connectivity index (χ1n) is 3.32. The van der Waals surface area contributed by atoms with Crippen molar-refractivity contribution < 1.29 is 133 Å². The Morgan fingerprint density at radius 2 is 1.31 bits per heavy atom. The van der Waals surface area contributed by atoms with Gasteiger partial charge in [0.1, 0.15) is 0 Å². The fraction of sp³-hybridized carbons (Fsp3) is 0. The van der Waals surface area contributed by atoms with Gasteiger partial charge < -0.3 is 25.2 Å². The van der Waals surface area contributed by atoms with Crippen LogP contribution in [0, 0.1) is 0 Å². The molecule has 0 saturated heterocycles. The van der Waals surface area contributed by atoms with Crippen LogP contribution in [0.1, 0.15) is 10.4 Å². The molecule has 76 valence electrons. The first kappa shape index (κ1) is 22.2. The van der Waals surface area contributed by atoms with Gasteiger partial charge in [-0.1, -0.05) is 12.1 Å². The summed E-state index contributed by atoms with van der Waals surface area (Å²) in [7, 11) is 0. The van der Waals surface area contributed by atoms with E-state index in [1.807, 2.05) is 0 Å². The predicted molar refractivity (Wildman–Crippen MR) is 38.2 cm³/mol. The van der Waals surface area contributed by atoms with Gasteiger partial charge in [0.25, 0.3) is 0 Å². The Balaban J connectivity index is -0.000000249. The zero-order chi connectivity index (χ0) is 11.1. The SMILES string of the molecule is O=C(O)c1ccc([O-])cc1.O=C([O-])[O-].[K+].[K+]. The van der Waals surface area contributed by atoms with E-state index in [4.69, 9.17) is 20.1 Å². The molecular formula is C8H5K2O6-. The zero-order valence-electron chi connectivity index (χ0n) is 8.80. The number of carboxylic acids is 1. The summed E-state index contributed by atoms with van der Waals surface area (Å²) in [6.07, 6.45) is -2.33. The fourth-order valence-electron chi connectivity index (χ4n) is 0.598. The molecule has 1 aromatic carbocycles. The molecule has 16 heavy (non-hydrogen) atoms. The summed E-state index contributed by atoms with van der Waals surface area (Å²) in [5.74, 6) is -1.19. The van der Waals surface area contributed by atoms with Gasteiger partial charge >= 0.3 is 109 Å². The van der Waals surface area contributed by atoms with Crippen molar-refractivity contribution in [2.45, 2.75) is 0 Å². The number of hydrogen-bond donors (Lipinski definition) is 1. The minimum Gasteiger partial charge on any atom is -0.872 e. The second-order valence-corrected chi connectivity index (χ2v) is 2.08. The molecular weight excluding hydrogens is 270 g/mol. The van der Waals surface area contributed by atoms with Crippen LogP contribution in [0.4, 0.5) is 4.79 Å². The van der Waals surface area contributed by atoms with Crippen LogP contribution in [0.3, 0.4) is 0 Å². The Bertz CT molecular complexity index is 320. The number of carboxylic acid groups (broad SMARTS) is 3. The molecule has 8 heteroatoms. The molecule has 0 aliphatic heterocycles. The maximum atomic E-state index is 10.5. The molecule has 0 amide bonds. The third-order valence-electron chi connectivity index (χ3n) is 1.10. The third-order valence-corrected chi connectivity index (χ3v) is 1.10. The van der Waals surface area contributed by atoms with E-state index in [0.29, 0.717) is 0 Å². The molecule has 0 aliphatic rings. The largest absolute Gasteiger partial charge is 1.00 e. The van der Waals surface area contributed by atoms with Crippen molar-refractivity contribution in [3.05, 3.63) is 29.8 Å². The molecule has 0 bridgehead atoms. The van der Waals surface area contributed by atoms with Crippen LogP contribution in [0.2, 0.25) is 0 Å². The maximum Gasteiger partial charge on any atom is 1.00 e. The van der Waals surface area contributed by atoms with E-state index in [0.717, 1.165) is 0 Å². The molecule has 0 saturated carbocycles. The van der Waals surface area contributed by atoms with Crippen LogP contribution < -0.4 is 118 Å². The number of aromatic carboxylic acids is 1. The molecule has 0 atom stereocenters. The minimum absolute atomic E-state index is 0. The van der Waals surface area contributed by atoms with E-state index in [-0.39, 0.29) is 114 Å². The first-order valence-corrected chi connectivity index (χ1v) is 3.32. The van der Waals surface area contributed by atoms with E-state index < -0.39 is 12.1 Å². The van der Waals surface area contributed by atoms with Gasteiger partial charge in [0.05, 0.1) is 5.56 Å². The smallest absolute Gasteiger partial charge is 0.872 e. The van der Waals surface area contributed by atoms with Gasteiger partial charge in [-0.15, -0.1) is 5.75 Å². The van der Waals surface area contributed by atoms with Crippen molar-refractivity contribution in [2.75, 3.05) is 0 Å². The van der Waals surface area contributed by atoms with Crippen LogP contribution in [0.5, 0.6) is 5.75 Å². The van der Waals surface area contributed by atoms with Crippen LogP contribution in [0.15, 0.2) is 24.3 Å². The summed E-state index contributed by atoms with van der Waals surface area (Å²) in [5.41, 5.74) is 0.139. The van der Waals surface area contributed by atoms with E-state index in [1.165, 1.54) is 24.3 Å². The van der Waals surface area contributed by atoms with Gasteiger partial charge in [0, 0.05) is 0 Å². The molecule has 0 spiro atoms. The fourth-order valence-corrected chi connectivity index (χ4v) is 0.598. The van der Waals surface area contributed by atoms with Crippen molar-refractivity contribution in [2.24, 2.45) is 0 Å². The van der Waals surface area contributed by atoms with Crippen LogP contribution in [-0.2, 0) is 0 Å². The molecule has 0 fully saturated rings. The summed E-state index contributed by atoms with van der Waals surface area (Å²) < 4.78 is 0. The predicted octanol–water partition coefficient (Wildman–Crippen LogP) is -7.98.